The van der Waals surface area contributed by atoms with Crippen molar-refractivity contribution in [3.05, 3.63) is 6.61 Å². The van der Waals surface area contributed by atoms with Crippen LogP contribution in [0.15, 0.2) is 0 Å². The molecule has 0 radical (unpaired) electrons. The van der Waals surface area contributed by atoms with Crippen LogP contribution < -0.4 is 0 Å². The predicted octanol–water partition coefficient (Wildman–Crippen LogP) is 0.928. The van der Waals surface area contributed by atoms with Crippen LogP contribution in [-0.2, 0) is 17.1 Å². The largest absolute Gasteiger partial charge is 1.00 e. The van der Waals surface area contributed by atoms with Crippen LogP contribution in [0.25, 0.3) is 0 Å². The predicted molar refractivity (Wildman–Crippen MR) is 16.5 cm³/mol. The van der Waals surface area contributed by atoms with Crippen molar-refractivity contribution in [3.63, 3.8) is 0 Å². The SMILES string of the molecule is CC[CH-]O.[Cu+]. The van der Waals surface area contributed by atoms with E-state index in [-0.39, 0.29) is 17.1 Å². The van der Waals surface area contributed by atoms with Gasteiger partial charge in [0, 0.05) is 0 Å². The number of rotatable bonds is 1. The summed E-state index contributed by atoms with van der Waals surface area (Å²) < 4.78 is 0. The van der Waals surface area contributed by atoms with Gasteiger partial charge in [0.1, 0.15) is 0 Å². The second-order valence-corrected chi connectivity index (χ2v) is 0.591. The van der Waals surface area contributed by atoms with Gasteiger partial charge in [0.25, 0.3) is 0 Å². The van der Waals surface area contributed by atoms with E-state index in [9.17, 15) is 0 Å². The molecule has 0 bridgehead atoms. The summed E-state index contributed by atoms with van der Waals surface area (Å²) >= 11 is 0. The average molecular weight is 123 g/mol. The molecular formula is C3H7CuO. The third kappa shape index (κ3) is 12.6. The van der Waals surface area contributed by atoms with Crippen LogP contribution in [0.1, 0.15) is 13.3 Å². The molecule has 0 amide bonds. The maximum absolute atomic E-state index is 7.75. The van der Waals surface area contributed by atoms with Crippen LogP contribution in [0.3, 0.4) is 0 Å². The Morgan fingerprint density at radius 3 is 2.00 bits per heavy atom. The fourth-order valence-corrected chi connectivity index (χ4v) is 0. The minimum atomic E-state index is 0. The molecule has 36 valence electrons. The van der Waals surface area contributed by atoms with Gasteiger partial charge in [0.15, 0.2) is 0 Å². The zero-order chi connectivity index (χ0) is 3.41. The van der Waals surface area contributed by atoms with Gasteiger partial charge in [0.05, 0.1) is 0 Å². The first kappa shape index (κ1) is 9.08. The van der Waals surface area contributed by atoms with E-state index in [1.807, 2.05) is 6.92 Å². The Hall–Kier alpha value is 0.479. The molecule has 0 unspecified atom stereocenters. The van der Waals surface area contributed by atoms with Gasteiger partial charge in [-0.25, -0.2) is 6.61 Å². The van der Waals surface area contributed by atoms with Crippen molar-refractivity contribution in [1.29, 1.82) is 0 Å². The van der Waals surface area contributed by atoms with E-state index in [0.717, 1.165) is 13.0 Å². The summed E-state index contributed by atoms with van der Waals surface area (Å²) in [6.45, 7) is 3.00. The Kier molecular flexibility index (Phi) is 16.0. The Morgan fingerprint density at radius 1 is 1.80 bits per heavy atom. The van der Waals surface area contributed by atoms with Crippen molar-refractivity contribution in [2.24, 2.45) is 0 Å². The Morgan fingerprint density at radius 2 is 2.00 bits per heavy atom. The van der Waals surface area contributed by atoms with Crippen LogP contribution in [-0.4, -0.2) is 5.11 Å². The molecule has 2 heteroatoms. The molecule has 0 aromatic heterocycles. The molecule has 0 aromatic carbocycles. The molecule has 0 aliphatic rings. The smallest absolute Gasteiger partial charge is 0.566 e. The van der Waals surface area contributed by atoms with Crippen LogP contribution in [0.5, 0.6) is 0 Å². The van der Waals surface area contributed by atoms with Gasteiger partial charge < -0.3 is 5.11 Å². The van der Waals surface area contributed by atoms with E-state index >= 15 is 0 Å². The van der Waals surface area contributed by atoms with E-state index in [1.54, 1.807) is 0 Å². The minimum Gasteiger partial charge on any atom is -0.566 e. The summed E-state index contributed by atoms with van der Waals surface area (Å²) in [5, 5.41) is 7.75. The summed E-state index contributed by atoms with van der Waals surface area (Å²) in [6.07, 6.45) is 0.750. The molecule has 0 saturated carbocycles. The molecule has 1 nitrogen and oxygen atoms in total. The quantitative estimate of drug-likeness (QED) is 0.405. The van der Waals surface area contributed by atoms with E-state index in [2.05, 4.69) is 0 Å². The fourth-order valence-electron chi connectivity index (χ4n) is 0. The van der Waals surface area contributed by atoms with Crippen LogP contribution in [0, 0.1) is 6.61 Å². The van der Waals surface area contributed by atoms with Crippen molar-refractivity contribution in [2.45, 2.75) is 13.3 Å². The first-order chi connectivity index (χ1) is 1.91. The van der Waals surface area contributed by atoms with Gasteiger partial charge in [-0.1, -0.05) is 6.92 Å². The molecule has 1 N–H and O–H groups in total. The molecular weight excluding hydrogens is 116 g/mol. The maximum atomic E-state index is 7.75. The molecule has 0 aromatic rings. The second kappa shape index (κ2) is 8.82. The third-order valence-electron chi connectivity index (χ3n) is 0.183. The summed E-state index contributed by atoms with van der Waals surface area (Å²) in [4.78, 5) is 0. The molecule has 5 heavy (non-hydrogen) atoms. The van der Waals surface area contributed by atoms with E-state index in [0.29, 0.717) is 0 Å². The minimum absolute atomic E-state index is 0. The summed E-state index contributed by atoms with van der Waals surface area (Å²) in [5.41, 5.74) is 0. The fraction of sp³-hybridized carbons (Fsp3) is 0.667. The van der Waals surface area contributed by atoms with Crippen LogP contribution in [0.2, 0.25) is 0 Å². The molecule has 0 atom stereocenters. The zero-order valence-electron chi connectivity index (χ0n) is 3.03. The van der Waals surface area contributed by atoms with Gasteiger partial charge in [-0.05, 0) is 0 Å². The van der Waals surface area contributed by atoms with E-state index in [4.69, 9.17) is 5.11 Å². The van der Waals surface area contributed by atoms with Gasteiger partial charge in [-0.3, -0.25) is 0 Å². The number of hydrogen-bond acceptors (Lipinski definition) is 1. The zero-order valence-corrected chi connectivity index (χ0v) is 3.97. The normalized spacial score (nSPS) is 6.00. The van der Waals surface area contributed by atoms with E-state index < -0.39 is 0 Å². The molecule has 0 spiro atoms. The third-order valence-corrected chi connectivity index (χ3v) is 0.183. The van der Waals surface area contributed by atoms with Gasteiger partial charge in [-0.15, -0.1) is 0 Å². The van der Waals surface area contributed by atoms with Gasteiger partial charge >= 0.3 is 17.1 Å². The topological polar surface area (TPSA) is 20.2 Å². The molecule has 0 rings (SSSR count). The van der Waals surface area contributed by atoms with Crippen LogP contribution >= 0.6 is 0 Å². The van der Waals surface area contributed by atoms with Crippen molar-refractivity contribution >= 4 is 0 Å². The second-order valence-electron chi connectivity index (χ2n) is 0.591. The summed E-state index contributed by atoms with van der Waals surface area (Å²) in [7, 11) is 0. The molecule has 0 aliphatic heterocycles. The Bertz CT molecular complexity index is 8.85. The standard InChI is InChI=1S/C3H7O.Cu/c1-2-3-4;/h3-4H,2H2,1H3;/q-1;+1. The number of aliphatic hydroxyl groups excluding tert-OH is 1. The van der Waals surface area contributed by atoms with Crippen molar-refractivity contribution in [2.75, 3.05) is 0 Å². The first-order valence-electron chi connectivity index (χ1n) is 1.37. The van der Waals surface area contributed by atoms with Gasteiger partial charge in [0.2, 0.25) is 0 Å². The number of hydrogen-bond donors (Lipinski definition) is 1. The molecule has 0 heterocycles. The first-order valence-corrected chi connectivity index (χ1v) is 1.37. The van der Waals surface area contributed by atoms with Crippen molar-refractivity contribution in [1.82, 2.24) is 0 Å². The summed E-state index contributed by atoms with van der Waals surface area (Å²) in [5.74, 6) is 0. The van der Waals surface area contributed by atoms with Gasteiger partial charge in [-0.2, -0.15) is 6.42 Å². The molecule has 0 saturated heterocycles. The summed E-state index contributed by atoms with van der Waals surface area (Å²) in [6, 6.07) is 0. The average Bonchev–Trinajstić information content (AvgIpc) is 1.37. The van der Waals surface area contributed by atoms with Crippen LogP contribution in [0.4, 0.5) is 0 Å². The Labute approximate surface area is 42.9 Å². The number of aliphatic hydroxyl groups is 1. The monoisotopic (exact) mass is 122 g/mol. The maximum Gasteiger partial charge on any atom is 1.00 e. The van der Waals surface area contributed by atoms with Crippen molar-refractivity contribution < 1.29 is 22.2 Å². The molecule has 0 aliphatic carbocycles. The molecule has 0 fully saturated rings. The van der Waals surface area contributed by atoms with Crippen molar-refractivity contribution in [3.8, 4) is 0 Å². The van der Waals surface area contributed by atoms with E-state index in [1.165, 1.54) is 0 Å². The Balaban J connectivity index is 0.